The van der Waals surface area contributed by atoms with Crippen molar-refractivity contribution in [1.29, 1.82) is 0 Å². The molecule has 3 aromatic rings. The first-order valence-electron chi connectivity index (χ1n) is 12.2. The molecular weight excluding hydrogens is 491 g/mol. The average molecular weight is 521 g/mol. The number of piperazine rings is 1. The van der Waals surface area contributed by atoms with Crippen LogP contribution in [0.4, 0.5) is 15.8 Å². The highest BCUT2D eigenvalue weighted by molar-refractivity contribution is 7.92. The fraction of sp³-hybridized carbons (Fsp3) is 0.250. The van der Waals surface area contributed by atoms with Crippen LogP contribution in [-0.2, 0) is 16.6 Å². The number of fused-ring (bicyclic) bond motifs is 1. The molecule has 1 fully saturated rings. The van der Waals surface area contributed by atoms with Gasteiger partial charge in [0.1, 0.15) is 10.7 Å². The number of benzene rings is 3. The Labute approximate surface area is 216 Å². The zero-order valence-electron chi connectivity index (χ0n) is 20.5. The fourth-order valence-electron chi connectivity index (χ4n) is 4.83. The maximum Gasteiger partial charge on any atom is 0.263 e. The first kappa shape index (κ1) is 25.0. The molecule has 3 aromatic carbocycles. The minimum Gasteiger partial charge on any atom is -0.380 e. The smallest absolute Gasteiger partial charge is 0.263 e. The highest BCUT2D eigenvalue weighted by atomic mass is 32.2. The second-order valence-corrected chi connectivity index (χ2v) is 11.0. The van der Waals surface area contributed by atoms with E-state index in [-0.39, 0.29) is 22.7 Å². The van der Waals surface area contributed by atoms with E-state index in [2.05, 4.69) is 14.9 Å². The van der Waals surface area contributed by atoms with Crippen molar-refractivity contribution in [2.24, 2.45) is 0 Å². The van der Waals surface area contributed by atoms with E-state index in [0.29, 0.717) is 43.1 Å². The number of para-hydroxylation sites is 1. The number of hydrogen-bond acceptors (Lipinski definition) is 5. The van der Waals surface area contributed by atoms with Gasteiger partial charge in [0.2, 0.25) is 0 Å². The number of sulfonamides is 1. The standard InChI is InChI=1S/C28H29FN4O3S/c1-20-18-32(19-21-7-11-24(29)12-8-21)16-17-33(20)28(34)23-9-13-25(14-10-23)31-37(35,36)26-6-2-4-22-5-3-15-30-27(22)26/h2-14,20,30-31H,15-19H2,1H3. The van der Waals surface area contributed by atoms with Crippen LogP contribution in [0, 0.1) is 5.82 Å². The van der Waals surface area contributed by atoms with Crippen molar-refractivity contribution < 1.29 is 17.6 Å². The third-order valence-electron chi connectivity index (χ3n) is 6.72. The Balaban J connectivity index is 1.23. The van der Waals surface area contributed by atoms with Gasteiger partial charge in [-0.2, -0.15) is 0 Å². The minimum absolute atomic E-state index is 0.00526. The molecule has 9 heteroatoms. The molecule has 1 unspecified atom stereocenters. The van der Waals surface area contributed by atoms with Crippen molar-refractivity contribution in [3.05, 3.63) is 95.3 Å². The fourth-order valence-corrected chi connectivity index (χ4v) is 6.10. The van der Waals surface area contributed by atoms with Crippen LogP contribution in [0.1, 0.15) is 28.4 Å². The summed E-state index contributed by atoms with van der Waals surface area (Å²) in [5.41, 5.74) is 3.33. The number of anilines is 2. The Morgan fingerprint density at radius 1 is 1.05 bits per heavy atom. The molecule has 0 saturated carbocycles. The molecule has 2 N–H and O–H groups in total. The number of nitrogens with zero attached hydrogens (tertiary/aromatic N) is 2. The van der Waals surface area contributed by atoms with E-state index in [1.165, 1.54) is 12.1 Å². The topological polar surface area (TPSA) is 81.8 Å². The zero-order valence-corrected chi connectivity index (χ0v) is 21.3. The van der Waals surface area contributed by atoms with Gasteiger partial charge >= 0.3 is 0 Å². The molecule has 2 aliphatic rings. The first-order chi connectivity index (χ1) is 17.8. The molecule has 37 heavy (non-hydrogen) atoms. The third kappa shape index (κ3) is 5.52. The number of nitrogens with one attached hydrogen (secondary N) is 2. The Bertz CT molecular complexity index is 1420. The van der Waals surface area contributed by atoms with Crippen molar-refractivity contribution in [2.75, 3.05) is 36.2 Å². The predicted molar refractivity (Wildman–Crippen MR) is 143 cm³/mol. The minimum atomic E-state index is -3.82. The van der Waals surface area contributed by atoms with Gasteiger partial charge in [0, 0.05) is 50.0 Å². The average Bonchev–Trinajstić information content (AvgIpc) is 2.89. The molecule has 0 aromatic heterocycles. The van der Waals surface area contributed by atoms with E-state index in [1.54, 1.807) is 48.5 Å². The van der Waals surface area contributed by atoms with E-state index in [0.717, 1.165) is 17.7 Å². The third-order valence-corrected chi connectivity index (χ3v) is 8.14. The van der Waals surface area contributed by atoms with Crippen LogP contribution in [-0.4, -0.2) is 56.3 Å². The Morgan fingerprint density at radius 3 is 2.54 bits per heavy atom. The molecule has 1 atom stereocenters. The summed E-state index contributed by atoms with van der Waals surface area (Å²) in [6, 6.07) is 18.2. The summed E-state index contributed by atoms with van der Waals surface area (Å²) in [6.45, 7) is 5.30. The largest absolute Gasteiger partial charge is 0.380 e. The molecule has 5 rings (SSSR count). The lowest BCUT2D eigenvalue weighted by Gasteiger charge is -2.40. The van der Waals surface area contributed by atoms with Gasteiger partial charge in [0.05, 0.1) is 5.69 Å². The summed E-state index contributed by atoms with van der Waals surface area (Å²) < 4.78 is 42.0. The summed E-state index contributed by atoms with van der Waals surface area (Å²) in [5.74, 6) is -0.337. The Morgan fingerprint density at radius 2 is 1.81 bits per heavy atom. The van der Waals surface area contributed by atoms with E-state index in [1.807, 2.05) is 30.0 Å². The molecule has 0 radical (unpaired) electrons. The number of halogens is 1. The molecule has 0 spiro atoms. The van der Waals surface area contributed by atoms with Crippen LogP contribution in [0.3, 0.4) is 0 Å². The van der Waals surface area contributed by atoms with Gasteiger partial charge in [0.25, 0.3) is 15.9 Å². The van der Waals surface area contributed by atoms with Crippen LogP contribution < -0.4 is 10.0 Å². The summed E-state index contributed by atoms with van der Waals surface area (Å²) in [7, 11) is -3.82. The molecule has 192 valence electrons. The lowest BCUT2D eigenvalue weighted by atomic mass is 10.1. The maximum absolute atomic E-state index is 13.2. The van der Waals surface area contributed by atoms with Gasteiger partial charge in [0.15, 0.2) is 0 Å². The Hall–Kier alpha value is -3.69. The summed E-state index contributed by atoms with van der Waals surface area (Å²) in [6.07, 6.45) is 3.84. The van der Waals surface area contributed by atoms with E-state index < -0.39 is 10.0 Å². The van der Waals surface area contributed by atoms with Gasteiger partial charge in [-0.15, -0.1) is 0 Å². The SMILES string of the molecule is CC1CN(Cc2ccc(F)cc2)CCN1C(=O)c1ccc(NS(=O)(=O)c2cccc3c2NCC=C3)cc1. The number of hydrogen-bond donors (Lipinski definition) is 2. The quantitative estimate of drug-likeness (QED) is 0.503. The van der Waals surface area contributed by atoms with Crippen LogP contribution >= 0.6 is 0 Å². The van der Waals surface area contributed by atoms with Crippen molar-refractivity contribution in [3.8, 4) is 0 Å². The van der Waals surface area contributed by atoms with E-state index in [4.69, 9.17) is 0 Å². The van der Waals surface area contributed by atoms with Gasteiger partial charge in [-0.05, 0) is 60.5 Å². The first-order valence-corrected chi connectivity index (χ1v) is 13.7. The van der Waals surface area contributed by atoms with Crippen molar-refractivity contribution in [3.63, 3.8) is 0 Å². The Kier molecular flexibility index (Phi) is 6.99. The summed E-state index contributed by atoms with van der Waals surface area (Å²) >= 11 is 0. The van der Waals surface area contributed by atoms with Gasteiger partial charge in [-0.1, -0.05) is 36.4 Å². The van der Waals surface area contributed by atoms with Crippen LogP contribution in [0.25, 0.3) is 6.08 Å². The molecule has 0 bridgehead atoms. The molecule has 0 aliphatic carbocycles. The summed E-state index contributed by atoms with van der Waals surface area (Å²) in [5, 5.41) is 3.13. The summed E-state index contributed by atoms with van der Waals surface area (Å²) in [4.78, 5) is 17.5. The van der Waals surface area contributed by atoms with Gasteiger partial charge < -0.3 is 10.2 Å². The van der Waals surface area contributed by atoms with Gasteiger partial charge in [-0.3, -0.25) is 14.4 Å². The molecular formula is C28H29FN4O3S. The maximum atomic E-state index is 13.2. The van der Waals surface area contributed by atoms with Crippen LogP contribution in [0.5, 0.6) is 0 Å². The number of amides is 1. The molecule has 1 amide bonds. The predicted octanol–water partition coefficient (Wildman–Crippen LogP) is 4.41. The van der Waals surface area contributed by atoms with Crippen LogP contribution in [0.15, 0.2) is 77.7 Å². The highest BCUT2D eigenvalue weighted by Gasteiger charge is 2.28. The van der Waals surface area contributed by atoms with Crippen molar-refractivity contribution >= 4 is 33.4 Å². The lowest BCUT2D eigenvalue weighted by molar-refractivity contribution is 0.0475. The van der Waals surface area contributed by atoms with E-state index >= 15 is 0 Å². The molecule has 7 nitrogen and oxygen atoms in total. The van der Waals surface area contributed by atoms with E-state index in [9.17, 15) is 17.6 Å². The number of rotatable bonds is 6. The monoisotopic (exact) mass is 520 g/mol. The normalized spacial score (nSPS) is 17.7. The number of carbonyl (C=O) groups is 1. The number of carbonyl (C=O) groups excluding carboxylic acids is 1. The second-order valence-electron chi connectivity index (χ2n) is 9.40. The molecule has 2 aliphatic heterocycles. The highest BCUT2D eigenvalue weighted by Crippen LogP contribution is 2.30. The van der Waals surface area contributed by atoms with Crippen LogP contribution in [0.2, 0.25) is 0 Å². The second kappa shape index (κ2) is 10.4. The van der Waals surface area contributed by atoms with Gasteiger partial charge in [-0.25, -0.2) is 12.8 Å². The molecule has 2 heterocycles. The lowest BCUT2D eigenvalue weighted by Crippen LogP contribution is -2.53. The van der Waals surface area contributed by atoms with Crippen molar-refractivity contribution in [1.82, 2.24) is 9.80 Å². The molecule has 1 saturated heterocycles. The zero-order chi connectivity index (χ0) is 26.0. The van der Waals surface area contributed by atoms with Crippen molar-refractivity contribution in [2.45, 2.75) is 24.4 Å².